The number of carbonyl (C=O) groups is 1. The molecule has 0 aliphatic heterocycles. The molecule has 1 N–H and O–H groups in total. The van der Waals surface area contributed by atoms with Crippen LogP contribution in [-0.4, -0.2) is 20.6 Å². The lowest BCUT2D eigenvalue weighted by Gasteiger charge is -2.04. The Morgan fingerprint density at radius 2 is 2.16 bits per heavy atom. The molecule has 2 rings (SSSR count). The van der Waals surface area contributed by atoms with E-state index in [1.54, 1.807) is 22.9 Å². The van der Waals surface area contributed by atoms with E-state index in [2.05, 4.69) is 15.9 Å². The minimum atomic E-state index is -1.02. The first kappa shape index (κ1) is 13.3. The maximum Gasteiger partial charge on any atom is 0.337 e. The van der Waals surface area contributed by atoms with Gasteiger partial charge in [-0.1, -0.05) is 15.9 Å². The monoisotopic (exact) mass is 324 g/mol. The molecule has 0 unspecified atom stereocenters. The van der Waals surface area contributed by atoms with Crippen molar-refractivity contribution in [1.29, 1.82) is 0 Å². The molecule has 2 aromatic rings. The lowest BCUT2D eigenvalue weighted by Crippen LogP contribution is -2.02. The second-order valence-corrected chi connectivity index (χ2v) is 4.82. The molecule has 19 heavy (non-hydrogen) atoms. The number of carboxylic acid groups (broad SMARTS) is 1. The zero-order chi connectivity index (χ0) is 14.0. The number of nitrogens with zero attached hydrogens (tertiary/aromatic N) is 2. The molecule has 1 aromatic heterocycles. The molecule has 1 heterocycles. The molecule has 7 heteroatoms. The molecule has 0 radical (unpaired) electrons. The molecule has 0 fully saturated rings. The summed E-state index contributed by atoms with van der Waals surface area (Å²) < 4.78 is 2.22. The maximum atomic E-state index is 11.0. The molecule has 0 atom stereocenters. The number of nitro benzene ring substituents is 1. The van der Waals surface area contributed by atoms with E-state index >= 15 is 0 Å². The number of rotatable bonds is 4. The highest BCUT2D eigenvalue weighted by molar-refractivity contribution is 9.10. The van der Waals surface area contributed by atoms with E-state index in [-0.39, 0.29) is 17.8 Å². The Balaban J connectivity index is 2.32. The van der Waals surface area contributed by atoms with E-state index in [0.29, 0.717) is 10.0 Å². The smallest absolute Gasteiger partial charge is 0.337 e. The SMILES string of the molecule is O=C(O)c1ccn(Cc2ccc(Br)cc2[N+](=O)[O-])c1. The Labute approximate surface area is 116 Å². The summed E-state index contributed by atoms with van der Waals surface area (Å²) in [6.07, 6.45) is 3.02. The van der Waals surface area contributed by atoms with Crippen LogP contribution in [0.5, 0.6) is 0 Å². The number of nitro groups is 1. The van der Waals surface area contributed by atoms with Gasteiger partial charge in [-0.2, -0.15) is 0 Å². The highest BCUT2D eigenvalue weighted by atomic mass is 79.9. The number of benzene rings is 1. The van der Waals surface area contributed by atoms with Crippen molar-refractivity contribution in [3.8, 4) is 0 Å². The molecule has 0 aliphatic rings. The zero-order valence-corrected chi connectivity index (χ0v) is 11.2. The zero-order valence-electron chi connectivity index (χ0n) is 9.62. The Morgan fingerprint density at radius 3 is 2.74 bits per heavy atom. The van der Waals surface area contributed by atoms with E-state index in [0.717, 1.165) is 0 Å². The fourth-order valence-corrected chi connectivity index (χ4v) is 2.05. The molecule has 0 aliphatic carbocycles. The van der Waals surface area contributed by atoms with Gasteiger partial charge in [-0.15, -0.1) is 0 Å². The number of hydrogen-bond donors (Lipinski definition) is 1. The van der Waals surface area contributed by atoms with Gasteiger partial charge in [0.15, 0.2) is 0 Å². The summed E-state index contributed by atoms with van der Waals surface area (Å²) in [4.78, 5) is 21.3. The predicted octanol–water partition coefficient (Wildman–Crippen LogP) is 2.91. The summed E-state index contributed by atoms with van der Waals surface area (Å²) in [5, 5.41) is 19.8. The van der Waals surface area contributed by atoms with E-state index in [1.165, 1.54) is 18.3 Å². The fourth-order valence-electron chi connectivity index (χ4n) is 1.70. The maximum absolute atomic E-state index is 11.0. The Bertz CT molecular complexity index is 651. The summed E-state index contributed by atoms with van der Waals surface area (Å²) in [6.45, 7) is 0.247. The Kier molecular flexibility index (Phi) is 3.66. The fraction of sp³-hybridized carbons (Fsp3) is 0.0833. The van der Waals surface area contributed by atoms with Crippen LogP contribution < -0.4 is 0 Å². The number of carboxylic acids is 1. The molecular formula is C12H9BrN2O4. The minimum absolute atomic E-state index is 0.0000463. The standard InChI is InChI=1S/C12H9BrN2O4/c13-10-2-1-8(11(5-10)15(18)19)6-14-4-3-9(7-14)12(16)17/h1-5,7H,6H2,(H,16,17). The summed E-state index contributed by atoms with van der Waals surface area (Å²) >= 11 is 3.18. The van der Waals surface area contributed by atoms with Gasteiger partial charge < -0.3 is 9.67 Å². The van der Waals surface area contributed by atoms with Gasteiger partial charge in [0.2, 0.25) is 0 Å². The Morgan fingerprint density at radius 1 is 1.42 bits per heavy atom. The van der Waals surface area contributed by atoms with Gasteiger partial charge in [0.1, 0.15) is 0 Å². The first-order valence-corrected chi connectivity index (χ1v) is 6.08. The first-order valence-electron chi connectivity index (χ1n) is 5.29. The van der Waals surface area contributed by atoms with Gasteiger partial charge in [-0.3, -0.25) is 10.1 Å². The van der Waals surface area contributed by atoms with Crippen LogP contribution in [0.15, 0.2) is 41.1 Å². The normalized spacial score (nSPS) is 10.4. The van der Waals surface area contributed by atoms with Crippen molar-refractivity contribution in [3.63, 3.8) is 0 Å². The van der Waals surface area contributed by atoms with Crippen molar-refractivity contribution in [2.75, 3.05) is 0 Å². The molecule has 1 aromatic carbocycles. The van der Waals surface area contributed by atoms with Gasteiger partial charge in [0.05, 0.1) is 17.0 Å². The number of aromatic nitrogens is 1. The van der Waals surface area contributed by atoms with E-state index in [9.17, 15) is 14.9 Å². The van der Waals surface area contributed by atoms with Crippen molar-refractivity contribution >= 4 is 27.6 Å². The minimum Gasteiger partial charge on any atom is -0.478 e. The van der Waals surface area contributed by atoms with Crippen LogP contribution in [-0.2, 0) is 6.54 Å². The van der Waals surface area contributed by atoms with Crippen molar-refractivity contribution in [2.24, 2.45) is 0 Å². The third-order valence-electron chi connectivity index (χ3n) is 2.59. The molecule has 6 nitrogen and oxygen atoms in total. The van der Waals surface area contributed by atoms with E-state index < -0.39 is 10.9 Å². The van der Waals surface area contributed by atoms with Crippen LogP contribution in [0.1, 0.15) is 15.9 Å². The number of aromatic carboxylic acids is 1. The van der Waals surface area contributed by atoms with Crippen molar-refractivity contribution < 1.29 is 14.8 Å². The summed E-state index contributed by atoms with van der Waals surface area (Å²) in [7, 11) is 0. The molecule has 0 saturated carbocycles. The number of hydrogen-bond acceptors (Lipinski definition) is 3. The van der Waals surface area contributed by atoms with Crippen LogP contribution in [0.4, 0.5) is 5.69 Å². The summed E-state index contributed by atoms with van der Waals surface area (Å²) in [5.74, 6) is -1.02. The van der Waals surface area contributed by atoms with Crippen molar-refractivity contribution in [2.45, 2.75) is 6.54 Å². The highest BCUT2D eigenvalue weighted by Crippen LogP contribution is 2.24. The van der Waals surface area contributed by atoms with Crippen LogP contribution in [0.25, 0.3) is 0 Å². The van der Waals surface area contributed by atoms with Gasteiger partial charge in [-0.05, 0) is 18.2 Å². The lowest BCUT2D eigenvalue weighted by atomic mass is 10.2. The molecule has 98 valence electrons. The van der Waals surface area contributed by atoms with Gasteiger partial charge in [0.25, 0.3) is 5.69 Å². The summed E-state index contributed by atoms with van der Waals surface area (Å²) in [6, 6.07) is 6.23. The van der Waals surface area contributed by atoms with Gasteiger partial charge in [-0.25, -0.2) is 4.79 Å². The second kappa shape index (κ2) is 5.23. The van der Waals surface area contributed by atoms with Gasteiger partial charge >= 0.3 is 5.97 Å². The van der Waals surface area contributed by atoms with Crippen LogP contribution in [0.3, 0.4) is 0 Å². The van der Waals surface area contributed by atoms with E-state index in [4.69, 9.17) is 5.11 Å². The van der Waals surface area contributed by atoms with Crippen LogP contribution in [0.2, 0.25) is 0 Å². The molecular weight excluding hydrogens is 316 g/mol. The molecule has 0 amide bonds. The average molecular weight is 325 g/mol. The predicted molar refractivity (Wildman–Crippen MR) is 71.3 cm³/mol. The largest absolute Gasteiger partial charge is 0.478 e. The summed E-state index contributed by atoms with van der Waals surface area (Å²) in [5.41, 5.74) is 0.667. The average Bonchev–Trinajstić information content (AvgIpc) is 2.80. The first-order chi connectivity index (χ1) is 8.97. The Hall–Kier alpha value is -2.15. The van der Waals surface area contributed by atoms with E-state index in [1.807, 2.05) is 0 Å². The molecule has 0 bridgehead atoms. The quantitative estimate of drug-likeness (QED) is 0.692. The second-order valence-electron chi connectivity index (χ2n) is 3.91. The van der Waals surface area contributed by atoms with Crippen LogP contribution >= 0.6 is 15.9 Å². The van der Waals surface area contributed by atoms with Crippen molar-refractivity contribution in [1.82, 2.24) is 4.57 Å². The van der Waals surface area contributed by atoms with Crippen LogP contribution in [0, 0.1) is 10.1 Å². The third-order valence-corrected chi connectivity index (χ3v) is 3.09. The topological polar surface area (TPSA) is 85.4 Å². The van der Waals surface area contributed by atoms with Crippen molar-refractivity contribution in [3.05, 3.63) is 62.4 Å². The third kappa shape index (κ3) is 3.00. The highest BCUT2D eigenvalue weighted by Gasteiger charge is 2.15. The lowest BCUT2D eigenvalue weighted by molar-refractivity contribution is -0.385. The molecule has 0 saturated heterocycles. The van der Waals surface area contributed by atoms with Gasteiger partial charge in [0, 0.05) is 28.5 Å². The molecule has 0 spiro atoms. The number of halogens is 1.